The summed E-state index contributed by atoms with van der Waals surface area (Å²) in [6.07, 6.45) is 0. The summed E-state index contributed by atoms with van der Waals surface area (Å²) >= 11 is 0. The van der Waals surface area contributed by atoms with Gasteiger partial charge in [-0.05, 0) is 38.1 Å². The molecule has 6 nitrogen and oxygen atoms in total. The van der Waals surface area contributed by atoms with Crippen molar-refractivity contribution in [2.45, 2.75) is 13.8 Å². The monoisotopic (exact) mass is 304 g/mol. The third-order valence-electron chi connectivity index (χ3n) is 2.85. The molecule has 1 amide bonds. The number of nitrogens with zero attached hydrogens (tertiary/aromatic N) is 1. The maximum Gasteiger partial charge on any atom is 0.348 e. The van der Waals surface area contributed by atoms with Gasteiger partial charge in [0.2, 0.25) is 0 Å². The molecule has 0 aliphatic carbocycles. The van der Waals surface area contributed by atoms with E-state index in [1.807, 2.05) is 0 Å². The molecule has 0 unspecified atom stereocenters. The molecule has 0 saturated heterocycles. The fraction of sp³-hybridized carbons (Fsp3) is 0.133. The summed E-state index contributed by atoms with van der Waals surface area (Å²) in [5, 5.41) is 13.5. The van der Waals surface area contributed by atoms with E-state index in [0.29, 0.717) is 0 Å². The number of hydrogen-bond donors (Lipinski definition) is 2. The summed E-state index contributed by atoms with van der Waals surface area (Å²) in [7, 11) is 0. The van der Waals surface area contributed by atoms with Crippen molar-refractivity contribution in [2.24, 2.45) is 5.10 Å². The molecule has 0 saturated carbocycles. The van der Waals surface area contributed by atoms with E-state index >= 15 is 0 Å². The number of carbonyl (C=O) groups is 1. The number of rotatable bonds is 3. The average Bonchev–Trinajstić information content (AvgIpc) is 2.44. The number of carbonyl (C=O) groups excluding carboxylic acids is 1. The number of hydrogen-bond acceptors (Lipinski definition) is 5. The van der Waals surface area contributed by atoms with Crippen molar-refractivity contribution in [3.05, 3.63) is 63.5 Å². The van der Waals surface area contributed by atoms with Crippen molar-refractivity contribution in [1.29, 1.82) is 0 Å². The molecule has 2 rings (SSSR count). The molecule has 0 aliphatic heterocycles. The van der Waals surface area contributed by atoms with Crippen LogP contribution in [-0.2, 0) is 0 Å². The highest BCUT2D eigenvalue weighted by atomic mass is 19.1. The van der Waals surface area contributed by atoms with Gasteiger partial charge in [0.05, 0.1) is 5.71 Å². The van der Waals surface area contributed by atoms with Crippen LogP contribution < -0.4 is 11.1 Å². The van der Waals surface area contributed by atoms with E-state index in [1.165, 1.54) is 32.0 Å². The standard InChI is InChI=1S/C15H13FN2O4/c1-8-7-12(19)13(15(21)22-8)9(2)17-18-14(20)10-3-5-11(16)6-4-10/h3-7,19H,1-2H3,(H,18,20)/b17-9+. The zero-order valence-electron chi connectivity index (χ0n) is 11.9. The molecule has 0 radical (unpaired) electrons. The Morgan fingerprint density at radius 2 is 1.95 bits per heavy atom. The maximum absolute atomic E-state index is 12.8. The number of aryl methyl sites for hydroxylation is 1. The van der Waals surface area contributed by atoms with Gasteiger partial charge in [-0.1, -0.05) is 0 Å². The van der Waals surface area contributed by atoms with Gasteiger partial charge in [0.1, 0.15) is 22.9 Å². The zero-order chi connectivity index (χ0) is 16.3. The van der Waals surface area contributed by atoms with Crippen LogP contribution >= 0.6 is 0 Å². The van der Waals surface area contributed by atoms with E-state index in [0.717, 1.165) is 12.1 Å². The van der Waals surface area contributed by atoms with Gasteiger partial charge in [0.25, 0.3) is 5.91 Å². The number of benzene rings is 1. The lowest BCUT2D eigenvalue weighted by molar-refractivity contribution is 0.0954. The summed E-state index contributed by atoms with van der Waals surface area (Å²) in [5.41, 5.74) is 1.62. The van der Waals surface area contributed by atoms with Crippen LogP contribution in [0.1, 0.15) is 28.6 Å². The molecule has 0 fully saturated rings. The van der Waals surface area contributed by atoms with Gasteiger partial charge in [-0.15, -0.1) is 0 Å². The van der Waals surface area contributed by atoms with Crippen LogP contribution in [0, 0.1) is 12.7 Å². The topological polar surface area (TPSA) is 91.9 Å². The van der Waals surface area contributed by atoms with E-state index in [1.54, 1.807) is 0 Å². The molecule has 0 aliphatic rings. The fourth-order valence-electron chi connectivity index (χ4n) is 1.79. The van der Waals surface area contributed by atoms with Crippen molar-refractivity contribution in [1.82, 2.24) is 5.43 Å². The Labute approximate surface area is 124 Å². The smallest absolute Gasteiger partial charge is 0.348 e. The first-order valence-electron chi connectivity index (χ1n) is 6.33. The summed E-state index contributed by atoms with van der Waals surface area (Å²) in [4.78, 5) is 23.5. The van der Waals surface area contributed by atoms with Crippen LogP contribution in [0.5, 0.6) is 5.75 Å². The van der Waals surface area contributed by atoms with Crippen LogP contribution in [0.25, 0.3) is 0 Å². The van der Waals surface area contributed by atoms with Crippen molar-refractivity contribution < 1.29 is 18.7 Å². The summed E-state index contributed by atoms with van der Waals surface area (Å²) in [6, 6.07) is 6.16. The molecule has 114 valence electrons. The van der Waals surface area contributed by atoms with E-state index in [9.17, 15) is 19.1 Å². The largest absolute Gasteiger partial charge is 0.507 e. The number of hydrazone groups is 1. The van der Waals surface area contributed by atoms with Gasteiger partial charge in [-0.2, -0.15) is 5.10 Å². The molecule has 1 aromatic heterocycles. The minimum absolute atomic E-state index is 0.0849. The van der Waals surface area contributed by atoms with Crippen LogP contribution in [0.3, 0.4) is 0 Å². The fourth-order valence-corrected chi connectivity index (χ4v) is 1.79. The highest BCUT2D eigenvalue weighted by Gasteiger charge is 2.13. The van der Waals surface area contributed by atoms with E-state index in [4.69, 9.17) is 4.42 Å². The third-order valence-corrected chi connectivity index (χ3v) is 2.85. The zero-order valence-corrected chi connectivity index (χ0v) is 11.9. The second kappa shape index (κ2) is 6.21. The second-order valence-electron chi connectivity index (χ2n) is 4.55. The molecule has 2 N–H and O–H groups in total. The second-order valence-corrected chi connectivity index (χ2v) is 4.55. The Bertz CT molecular complexity index is 794. The van der Waals surface area contributed by atoms with E-state index in [-0.39, 0.29) is 28.3 Å². The van der Waals surface area contributed by atoms with Gasteiger partial charge < -0.3 is 9.52 Å². The number of aromatic hydroxyl groups is 1. The minimum Gasteiger partial charge on any atom is -0.507 e. The Balaban J connectivity index is 2.22. The number of amides is 1. The van der Waals surface area contributed by atoms with Crippen LogP contribution in [0.4, 0.5) is 4.39 Å². The van der Waals surface area contributed by atoms with E-state index < -0.39 is 17.3 Å². The Morgan fingerprint density at radius 1 is 1.32 bits per heavy atom. The number of nitrogens with one attached hydrogen (secondary N) is 1. The van der Waals surface area contributed by atoms with E-state index in [2.05, 4.69) is 10.5 Å². The molecule has 1 aromatic carbocycles. The first kappa shape index (κ1) is 15.4. The lowest BCUT2D eigenvalue weighted by Gasteiger charge is -2.04. The molecule has 22 heavy (non-hydrogen) atoms. The Hall–Kier alpha value is -2.96. The Morgan fingerprint density at radius 3 is 2.55 bits per heavy atom. The summed E-state index contributed by atoms with van der Waals surface area (Å²) < 4.78 is 17.6. The predicted molar refractivity (Wildman–Crippen MR) is 77.5 cm³/mol. The molecular formula is C15H13FN2O4. The van der Waals surface area contributed by atoms with Crippen LogP contribution in [0.2, 0.25) is 0 Å². The normalized spacial score (nSPS) is 11.3. The van der Waals surface area contributed by atoms with Gasteiger partial charge in [-0.25, -0.2) is 14.6 Å². The predicted octanol–water partition coefficient (Wildman–Crippen LogP) is 1.95. The SMILES string of the molecule is C/C(=N\NC(=O)c1ccc(F)cc1)c1c(O)cc(C)oc1=O. The highest BCUT2D eigenvalue weighted by molar-refractivity contribution is 6.02. The lowest BCUT2D eigenvalue weighted by atomic mass is 10.2. The minimum atomic E-state index is -0.755. The van der Waals surface area contributed by atoms with Crippen molar-refractivity contribution in [3.63, 3.8) is 0 Å². The van der Waals surface area contributed by atoms with Crippen LogP contribution in [-0.4, -0.2) is 16.7 Å². The molecule has 0 bridgehead atoms. The Kier molecular flexibility index (Phi) is 4.36. The van der Waals surface area contributed by atoms with Gasteiger partial charge in [0.15, 0.2) is 0 Å². The van der Waals surface area contributed by atoms with Gasteiger partial charge in [-0.3, -0.25) is 4.79 Å². The molecule has 2 aromatic rings. The highest BCUT2D eigenvalue weighted by Crippen LogP contribution is 2.15. The summed E-state index contributed by atoms with van der Waals surface area (Å²) in [5.74, 6) is -1.06. The lowest BCUT2D eigenvalue weighted by Crippen LogP contribution is -2.21. The number of halogens is 1. The molecule has 7 heteroatoms. The first-order chi connectivity index (χ1) is 10.4. The average molecular weight is 304 g/mol. The van der Waals surface area contributed by atoms with Crippen molar-refractivity contribution in [2.75, 3.05) is 0 Å². The first-order valence-corrected chi connectivity index (χ1v) is 6.33. The molecule has 0 spiro atoms. The van der Waals surface area contributed by atoms with Crippen molar-refractivity contribution in [3.8, 4) is 5.75 Å². The van der Waals surface area contributed by atoms with Gasteiger partial charge in [0, 0.05) is 11.6 Å². The molecule has 0 atom stereocenters. The molecule has 1 heterocycles. The third kappa shape index (κ3) is 3.38. The molecular weight excluding hydrogens is 291 g/mol. The summed E-state index contributed by atoms with van der Waals surface area (Å²) in [6.45, 7) is 2.96. The quantitative estimate of drug-likeness (QED) is 0.669. The maximum atomic E-state index is 12.8. The van der Waals surface area contributed by atoms with Crippen molar-refractivity contribution >= 4 is 11.6 Å². The van der Waals surface area contributed by atoms with Crippen LogP contribution in [0.15, 0.2) is 44.6 Å². The van der Waals surface area contributed by atoms with Gasteiger partial charge >= 0.3 is 5.63 Å².